The summed E-state index contributed by atoms with van der Waals surface area (Å²) in [5.74, 6) is 0.619. The van der Waals surface area contributed by atoms with E-state index in [0.717, 1.165) is 34.2 Å². The molecule has 0 unspecified atom stereocenters. The Morgan fingerprint density at radius 2 is 0.714 bits per heavy atom. The first-order chi connectivity index (χ1) is 42.2. The van der Waals surface area contributed by atoms with Crippen LogP contribution in [-0.2, 0) is 33.1 Å². The first kappa shape index (κ1) is 89.0. The summed E-state index contributed by atoms with van der Waals surface area (Å²) in [6.07, 6.45) is 33.6. The zero-order chi connectivity index (χ0) is 65.4. The number of pyridine rings is 1. The Bertz CT molecular complexity index is 2920. The van der Waals surface area contributed by atoms with Crippen LogP contribution in [0.25, 0.3) is 42.5 Å². The van der Waals surface area contributed by atoms with Crippen LogP contribution in [-0.4, -0.2) is 69.7 Å². The highest BCUT2D eigenvalue weighted by molar-refractivity contribution is 5.50. The molecule has 0 amide bonds. The summed E-state index contributed by atoms with van der Waals surface area (Å²) in [7, 11) is 17.4. The predicted octanol–water partition coefficient (Wildman–Crippen LogP) is 13.0. The Hall–Kier alpha value is -6.16. The first-order valence-corrected chi connectivity index (χ1v) is 32.3. The molecule has 0 fully saturated rings. The summed E-state index contributed by atoms with van der Waals surface area (Å²) >= 11 is 0. The van der Waals surface area contributed by atoms with Crippen molar-refractivity contribution < 1.29 is 62.3 Å². The molecule has 0 saturated heterocycles. The second-order valence-electron chi connectivity index (χ2n) is 24.9. The Kier molecular flexibility index (Phi) is 53.2. The lowest BCUT2D eigenvalue weighted by Gasteiger charge is -2.30. The molecule has 0 N–H and O–H groups in total. The van der Waals surface area contributed by atoms with Crippen LogP contribution in [0.3, 0.4) is 0 Å². The molecule has 1 aromatic heterocycles. The second-order valence-corrected chi connectivity index (χ2v) is 24.9. The number of halogens is 3. The normalized spacial score (nSPS) is 10.0. The van der Waals surface area contributed by atoms with Crippen LogP contribution >= 0.6 is 0 Å². The fraction of sp³-hybridized carbons (Fsp3) is 0.345. The van der Waals surface area contributed by atoms with Gasteiger partial charge in [-0.1, -0.05) is 326 Å². The quantitative estimate of drug-likeness (QED) is 0.0215. The van der Waals surface area contributed by atoms with Gasteiger partial charge < -0.3 is 62.7 Å². The number of aryl methyl sites for hydroxylation is 2. The van der Waals surface area contributed by atoms with Crippen LogP contribution < -0.4 is 53.4 Å². The van der Waals surface area contributed by atoms with E-state index >= 15 is 0 Å². The summed E-state index contributed by atoms with van der Waals surface area (Å²) in [5, 5.41) is 0. The highest BCUT2D eigenvalue weighted by Crippen LogP contribution is 2.17. The molecule has 6 aromatic carbocycles. The van der Waals surface area contributed by atoms with Crippen molar-refractivity contribution in [3.05, 3.63) is 289 Å². The van der Waals surface area contributed by atoms with Gasteiger partial charge in [-0.3, -0.25) is 0 Å². The standard InChI is InChI=1S/C23H40N.C12H18N.C11H15N.2C11H14.C8H10N.C8H8.2ClH.HI/c1-5-7-8-9-10-11-12-13-14-15-20-24(3,4)21-23-18-16-22(6-2)17-19-23;1-5-11-6-8-12(9-7-11)10-13(2,3)4;1-4-10-5-7-11(8-6-10)9-12(2)3;1-4-10-5-7-11(8-6-10)9(2)3;1-3-5-11-8-6-10(4-2)7-9-11;1-3-8-4-6-9(2)7-5-8;1-2-8-6-4-3-5-7-8;;;/h6,16-19H,2,5,7-15,20-21H2,1,3-4H3;5-9H,1,10H2,2-4H3;4-8H,1,9H2,2-3H3;4-9H,1H2,2-3H3;4,6-9H,2-3,5H2,1H3;3-7H,1H2,2H3;2-7H,1H2;3*1H/q2*+1;;;;+1;;;;/p-3. The molecule has 0 aliphatic rings. The number of rotatable bonds is 27. The molecule has 0 bridgehead atoms. The molecule has 7 rings (SSSR count). The SMILES string of the molecule is C=Cc1cc[n+](C)cc1.C=Cc1ccc(C(C)C)cc1.C=Cc1ccc(CCC)cc1.C=Cc1ccc(CN(C)C)cc1.C=Cc1ccc(C[N+](C)(C)C)cc1.C=Cc1ccc(C[N+](C)(C)CCCCCCCCCCCC)cc1.C=Cc1ccccc1.[Cl-].[Cl-].[I-]. The van der Waals surface area contributed by atoms with E-state index in [4.69, 9.17) is 0 Å². The molecule has 0 aliphatic heterocycles. The van der Waals surface area contributed by atoms with Gasteiger partial charge in [0, 0.05) is 29.8 Å². The van der Waals surface area contributed by atoms with E-state index in [0.29, 0.717) is 5.92 Å². The minimum atomic E-state index is 0. The number of hydrogen-bond acceptors (Lipinski definition) is 1. The van der Waals surface area contributed by atoms with Crippen molar-refractivity contribution in [3.8, 4) is 0 Å². The Balaban J connectivity index is -0.00000102. The zero-order valence-corrected chi connectivity index (χ0v) is 62.2. The van der Waals surface area contributed by atoms with Gasteiger partial charge in [0.15, 0.2) is 12.4 Å². The third-order valence-electron chi connectivity index (χ3n) is 14.4. The van der Waals surface area contributed by atoms with E-state index in [1.54, 1.807) is 0 Å². The Labute approximate surface area is 587 Å². The third-order valence-corrected chi connectivity index (χ3v) is 14.4. The maximum Gasteiger partial charge on any atom is 0.169 e. The fourth-order valence-electron chi connectivity index (χ4n) is 9.15. The first-order valence-electron chi connectivity index (χ1n) is 32.3. The van der Waals surface area contributed by atoms with Crippen LogP contribution in [0, 0.1) is 0 Å². The number of hydrogen-bond donors (Lipinski definition) is 0. The van der Waals surface area contributed by atoms with Crippen LogP contribution in [0.1, 0.15) is 171 Å². The molecule has 0 spiro atoms. The van der Waals surface area contributed by atoms with E-state index in [1.165, 1.54) is 145 Å². The van der Waals surface area contributed by atoms with Crippen LogP contribution in [0.5, 0.6) is 0 Å². The smallest absolute Gasteiger partial charge is 0.169 e. The summed E-state index contributed by atoms with van der Waals surface area (Å²) in [5.41, 5.74) is 15.2. The average molecular weight is 1380 g/mol. The van der Waals surface area contributed by atoms with E-state index < -0.39 is 0 Å². The summed E-state index contributed by atoms with van der Waals surface area (Å²) in [6, 6.07) is 57.0. The molecular weight excluding hydrogens is 1260 g/mol. The molecule has 7 aromatic rings. The monoisotopic (exact) mass is 1380 g/mol. The average Bonchev–Trinajstić information content (AvgIpc) is 3.63. The molecule has 496 valence electrons. The number of unbranched alkanes of at least 4 members (excludes halogenated alkanes) is 9. The van der Waals surface area contributed by atoms with E-state index in [2.05, 4.69) is 249 Å². The van der Waals surface area contributed by atoms with Crippen molar-refractivity contribution in [3.63, 3.8) is 0 Å². The lowest BCUT2D eigenvalue weighted by molar-refractivity contribution is -0.903. The van der Waals surface area contributed by atoms with Crippen molar-refractivity contribution in [2.75, 3.05) is 55.9 Å². The van der Waals surface area contributed by atoms with E-state index in [9.17, 15) is 0 Å². The molecule has 4 nitrogen and oxygen atoms in total. The van der Waals surface area contributed by atoms with Gasteiger partial charge in [-0.2, -0.15) is 0 Å². The molecule has 0 aliphatic carbocycles. The third kappa shape index (κ3) is 46.5. The van der Waals surface area contributed by atoms with E-state index in [1.807, 2.05) is 109 Å². The van der Waals surface area contributed by atoms with Gasteiger partial charge in [0.25, 0.3) is 0 Å². The van der Waals surface area contributed by atoms with Crippen molar-refractivity contribution in [2.45, 2.75) is 130 Å². The number of aromatic nitrogens is 1. The maximum absolute atomic E-state index is 3.82. The Morgan fingerprint density at radius 1 is 0.396 bits per heavy atom. The van der Waals surface area contributed by atoms with E-state index in [-0.39, 0.29) is 48.8 Å². The van der Waals surface area contributed by atoms with Gasteiger partial charge in [-0.25, -0.2) is 4.57 Å². The van der Waals surface area contributed by atoms with Gasteiger partial charge in [-0.05, 0) is 94.9 Å². The summed E-state index contributed by atoms with van der Waals surface area (Å²) in [6.45, 7) is 39.3. The fourth-order valence-corrected chi connectivity index (χ4v) is 9.15. The van der Waals surface area contributed by atoms with Gasteiger partial charge in [0.2, 0.25) is 0 Å². The minimum Gasteiger partial charge on any atom is -1.00 e. The van der Waals surface area contributed by atoms with Gasteiger partial charge in [-0.15, -0.1) is 0 Å². The van der Waals surface area contributed by atoms with Gasteiger partial charge in [0.1, 0.15) is 20.1 Å². The molecular formula is C84H119Cl2IN4. The molecule has 0 atom stereocenters. The summed E-state index contributed by atoms with van der Waals surface area (Å²) < 4.78 is 4.05. The molecule has 1 heterocycles. The van der Waals surface area contributed by atoms with Gasteiger partial charge in [0.05, 0.1) is 41.8 Å². The van der Waals surface area contributed by atoms with Crippen molar-refractivity contribution in [1.29, 1.82) is 0 Å². The van der Waals surface area contributed by atoms with Crippen LogP contribution in [0.2, 0.25) is 0 Å². The second kappa shape index (κ2) is 54.4. The lowest BCUT2D eigenvalue weighted by atomic mass is 10.0. The lowest BCUT2D eigenvalue weighted by Crippen LogP contribution is -3.00. The van der Waals surface area contributed by atoms with Crippen LogP contribution in [0.15, 0.2) is 222 Å². The molecule has 91 heavy (non-hydrogen) atoms. The maximum atomic E-state index is 3.82. The number of nitrogens with zero attached hydrogens (tertiary/aromatic N) is 4. The van der Waals surface area contributed by atoms with Crippen molar-refractivity contribution >= 4 is 42.5 Å². The number of benzene rings is 6. The summed E-state index contributed by atoms with van der Waals surface area (Å²) in [4.78, 5) is 2.16. The zero-order valence-electron chi connectivity index (χ0n) is 58.5. The Morgan fingerprint density at radius 3 is 1.04 bits per heavy atom. The van der Waals surface area contributed by atoms with Crippen molar-refractivity contribution in [2.24, 2.45) is 7.05 Å². The number of quaternary nitrogens is 2. The largest absolute Gasteiger partial charge is 1.00 e. The predicted molar refractivity (Wildman–Crippen MR) is 397 cm³/mol. The molecule has 7 heteroatoms. The topological polar surface area (TPSA) is 7.12 Å². The van der Waals surface area contributed by atoms with Crippen molar-refractivity contribution in [1.82, 2.24) is 4.90 Å². The highest BCUT2D eigenvalue weighted by atomic mass is 127. The minimum absolute atomic E-state index is 0. The van der Waals surface area contributed by atoms with Gasteiger partial charge >= 0.3 is 0 Å². The molecule has 0 radical (unpaired) electrons. The molecule has 0 saturated carbocycles. The van der Waals surface area contributed by atoms with Crippen LogP contribution in [0.4, 0.5) is 0 Å². The highest BCUT2D eigenvalue weighted by Gasteiger charge is 2.15.